The van der Waals surface area contributed by atoms with Crippen LogP contribution in [0.4, 0.5) is 4.39 Å². The number of halogens is 1. The lowest BCUT2D eigenvalue weighted by atomic mass is 9.89. The van der Waals surface area contributed by atoms with Gasteiger partial charge >= 0.3 is 0 Å². The van der Waals surface area contributed by atoms with E-state index in [1.807, 2.05) is 18.2 Å². The highest BCUT2D eigenvalue weighted by Crippen LogP contribution is 2.33. The molecule has 0 saturated carbocycles. The second kappa shape index (κ2) is 12.1. The van der Waals surface area contributed by atoms with Gasteiger partial charge in [-0.1, -0.05) is 60.7 Å². The highest BCUT2D eigenvalue weighted by molar-refractivity contribution is 5.33. The van der Waals surface area contributed by atoms with Crippen LogP contribution in [0.3, 0.4) is 0 Å². The van der Waals surface area contributed by atoms with Gasteiger partial charge in [0.25, 0.3) is 0 Å². The topological polar surface area (TPSA) is 44.7 Å². The van der Waals surface area contributed by atoms with E-state index in [0.29, 0.717) is 12.5 Å². The lowest BCUT2D eigenvalue weighted by Crippen LogP contribution is -2.48. The Kier molecular flexibility index (Phi) is 8.69. The molecule has 1 aliphatic heterocycles. The van der Waals surface area contributed by atoms with Gasteiger partial charge in [0.2, 0.25) is 0 Å². The lowest BCUT2D eigenvalue weighted by Gasteiger charge is -2.42. The molecule has 1 heterocycles. The summed E-state index contributed by atoms with van der Waals surface area (Å²) in [5.74, 6) is 0.635. The molecule has 3 aromatic rings. The van der Waals surface area contributed by atoms with Crippen LogP contribution in [0.5, 0.6) is 5.75 Å². The van der Waals surface area contributed by atoms with Crippen LogP contribution in [0.25, 0.3) is 0 Å². The maximum atomic E-state index is 13.2. The van der Waals surface area contributed by atoms with Crippen molar-refractivity contribution >= 4 is 0 Å². The van der Waals surface area contributed by atoms with E-state index in [-0.39, 0.29) is 11.9 Å². The van der Waals surface area contributed by atoms with Crippen molar-refractivity contribution in [3.63, 3.8) is 0 Å². The van der Waals surface area contributed by atoms with Crippen molar-refractivity contribution < 1.29 is 14.2 Å². The summed E-state index contributed by atoms with van der Waals surface area (Å²) in [4.78, 5) is 2.55. The molecular weight excluding hydrogens is 427 g/mol. The minimum absolute atomic E-state index is 0.271. The molecule has 4 rings (SSSR count). The van der Waals surface area contributed by atoms with Crippen molar-refractivity contribution in [2.45, 2.75) is 50.4 Å². The quantitative estimate of drug-likeness (QED) is 0.409. The summed E-state index contributed by atoms with van der Waals surface area (Å²) >= 11 is 0. The summed E-state index contributed by atoms with van der Waals surface area (Å²) in [5, 5.41) is 14.4. The second-order valence-electron chi connectivity index (χ2n) is 9.04. The molecule has 0 amide bonds. The number of aliphatic hydroxyl groups is 1. The average Bonchev–Trinajstić information content (AvgIpc) is 2.88. The van der Waals surface area contributed by atoms with Gasteiger partial charge in [-0.05, 0) is 68.1 Å². The fourth-order valence-electron chi connectivity index (χ4n) is 5.05. The van der Waals surface area contributed by atoms with Gasteiger partial charge in [-0.15, -0.1) is 0 Å². The van der Waals surface area contributed by atoms with E-state index in [1.54, 1.807) is 19.2 Å². The van der Waals surface area contributed by atoms with Crippen LogP contribution in [0.2, 0.25) is 0 Å². The molecule has 34 heavy (non-hydrogen) atoms. The molecule has 3 aromatic carbocycles. The molecule has 0 spiro atoms. The van der Waals surface area contributed by atoms with Crippen molar-refractivity contribution in [1.82, 2.24) is 10.2 Å². The molecule has 1 saturated heterocycles. The second-order valence-corrected chi connectivity index (χ2v) is 9.04. The van der Waals surface area contributed by atoms with Crippen LogP contribution in [-0.2, 0) is 6.54 Å². The van der Waals surface area contributed by atoms with E-state index in [4.69, 9.17) is 4.74 Å². The molecule has 0 aliphatic carbocycles. The molecule has 2 N–H and O–H groups in total. The molecule has 4 nitrogen and oxygen atoms in total. The van der Waals surface area contributed by atoms with Crippen LogP contribution in [0.1, 0.15) is 54.5 Å². The molecule has 180 valence electrons. The van der Waals surface area contributed by atoms with Gasteiger partial charge in [-0.2, -0.15) is 0 Å². The SMILES string of the molecule is COc1ccccc1CNC1CCCN(CCCC(O)c2ccc(F)cc2)C1c1ccccc1. The Morgan fingerprint density at radius 2 is 1.76 bits per heavy atom. The van der Waals surface area contributed by atoms with Crippen LogP contribution in [-0.4, -0.2) is 36.2 Å². The Hall–Kier alpha value is -2.73. The zero-order valence-corrected chi connectivity index (χ0v) is 19.9. The number of methoxy groups -OCH3 is 1. The Labute approximate surface area is 202 Å². The first-order valence-electron chi connectivity index (χ1n) is 12.2. The summed E-state index contributed by atoms with van der Waals surface area (Å²) < 4.78 is 18.7. The monoisotopic (exact) mass is 462 g/mol. The van der Waals surface area contributed by atoms with Crippen LogP contribution < -0.4 is 10.1 Å². The number of aliphatic hydroxyl groups excluding tert-OH is 1. The van der Waals surface area contributed by atoms with Gasteiger partial charge in [0.15, 0.2) is 0 Å². The van der Waals surface area contributed by atoms with Gasteiger partial charge in [-0.25, -0.2) is 4.39 Å². The number of ether oxygens (including phenoxy) is 1. The summed E-state index contributed by atoms with van der Waals surface area (Å²) in [7, 11) is 1.72. The van der Waals surface area contributed by atoms with Gasteiger partial charge in [0.05, 0.1) is 19.3 Å². The van der Waals surface area contributed by atoms with Crippen molar-refractivity contribution in [1.29, 1.82) is 0 Å². The van der Waals surface area contributed by atoms with E-state index in [1.165, 1.54) is 17.7 Å². The third-order valence-corrected chi connectivity index (χ3v) is 6.80. The first-order valence-corrected chi connectivity index (χ1v) is 12.2. The molecule has 3 unspecified atom stereocenters. The molecule has 0 bridgehead atoms. The fraction of sp³-hybridized carbons (Fsp3) is 0.379. The molecule has 0 radical (unpaired) electrons. The van der Waals surface area contributed by atoms with Crippen LogP contribution >= 0.6 is 0 Å². The lowest BCUT2D eigenvalue weighted by molar-refractivity contribution is 0.0979. The minimum Gasteiger partial charge on any atom is -0.496 e. The van der Waals surface area contributed by atoms with E-state index < -0.39 is 6.10 Å². The van der Waals surface area contributed by atoms with Gasteiger partial charge < -0.3 is 15.2 Å². The number of nitrogens with one attached hydrogen (secondary N) is 1. The summed E-state index contributed by atoms with van der Waals surface area (Å²) in [6, 6.07) is 25.6. The summed E-state index contributed by atoms with van der Waals surface area (Å²) in [6.07, 6.45) is 3.21. The van der Waals surface area contributed by atoms with Gasteiger partial charge in [0, 0.05) is 18.2 Å². The maximum Gasteiger partial charge on any atom is 0.123 e. The largest absolute Gasteiger partial charge is 0.496 e. The standard InChI is InChI=1S/C29H35FN2O2/c1-34-28-14-6-5-11-24(28)21-31-26-12-7-19-32(29(26)23-9-3-2-4-10-23)20-8-13-27(33)22-15-17-25(30)18-16-22/h2-6,9-11,14-18,26-27,29,31,33H,7-8,12-13,19-21H2,1H3. The first-order chi connectivity index (χ1) is 16.7. The van der Waals surface area contributed by atoms with Gasteiger partial charge in [0.1, 0.15) is 11.6 Å². The highest BCUT2D eigenvalue weighted by Gasteiger charge is 2.32. The van der Waals surface area contributed by atoms with Crippen molar-refractivity contribution in [2.24, 2.45) is 0 Å². The molecular formula is C29H35FN2O2. The predicted molar refractivity (Wildman–Crippen MR) is 134 cm³/mol. The zero-order valence-electron chi connectivity index (χ0n) is 19.9. The Balaban J connectivity index is 1.42. The van der Waals surface area contributed by atoms with Crippen molar-refractivity contribution in [2.75, 3.05) is 20.2 Å². The van der Waals surface area contributed by atoms with Crippen molar-refractivity contribution in [3.8, 4) is 5.75 Å². The minimum atomic E-state index is -0.569. The predicted octanol–water partition coefficient (Wildman–Crippen LogP) is 5.64. The van der Waals surface area contributed by atoms with Crippen LogP contribution in [0, 0.1) is 5.82 Å². The molecule has 3 atom stereocenters. The third kappa shape index (κ3) is 6.23. The number of benzene rings is 3. The number of rotatable bonds is 10. The first kappa shape index (κ1) is 24.4. The third-order valence-electron chi connectivity index (χ3n) is 6.80. The normalized spacial score (nSPS) is 19.6. The Morgan fingerprint density at radius 3 is 2.53 bits per heavy atom. The van der Waals surface area contributed by atoms with Crippen molar-refractivity contribution in [3.05, 3.63) is 101 Å². The number of likely N-dealkylation sites (tertiary alicyclic amines) is 1. The van der Waals surface area contributed by atoms with E-state index in [2.05, 4.69) is 46.6 Å². The zero-order chi connectivity index (χ0) is 23.8. The average molecular weight is 463 g/mol. The fourth-order valence-corrected chi connectivity index (χ4v) is 5.05. The Bertz CT molecular complexity index is 1010. The number of hydrogen-bond donors (Lipinski definition) is 2. The smallest absolute Gasteiger partial charge is 0.123 e. The number of para-hydroxylation sites is 1. The maximum absolute atomic E-state index is 13.2. The number of piperidine rings is 1. The number of nitrogens with zero attached hydrogens (tertiary/aromatic N) is 1. The van der Waals surface area contributed by atoms with Gasteiger partial charge in [-0.3, -0.25) is 4.90 Å². The molecule has 5 heteroatoms. The van der Waals surface area contributed by atoms with E-state index in [0.717, 1.165) is 55.8 Å². The molecule has 1 fully saturated rings. The summed E-state index contributed by atoms with van der Waals surface area (Å²) in [5.41, 5.74) is 3.26. The Morgan fingerprint density at radius 1 is 1.03 bits per heavy atom. The summed E-state index contributed by atoms with van der Waals surface area (Å²) in [6.45, 7) is 2.71. The molecule has 1 aliphatic rings. The van der Waals surface area contributed by atoms with Crippen LogP contribution in [0.15, 0.2) is 78.9 Å². The number of hydrogen-bond acceptors (Lipinski definition) is 4. The van der Waals surface area contributed by atoms with E-state index >= 15 is 0 Å². The molecule has 0 aromatic heterocycles. The highest BCUT2D eigenvalue weighted by atomic mass is 19.1. The van der Waals surface area contributed by atoms with E-state index in [9.17, 15) is 9.50 Å².